The monoisotopic (exact) mass is 1820 g/mol. The van der Waals surface area contributed by atoms with Crippen LogP contribution < -0.4 is 5.25 Å². The predicted octanol–water partition coefficient (Wildman–Crippen LogP) is 19.1. The van der Waals surface area contributed by atoms with Gasteiger partial charge in [-0.15, -0.1) is 56.7 Å². The number of carbonyl (C=O) groups is 3. The largest absolute Gasteiger partial charge is 0.462 e. The summed E-state index contributed by atoms with van der Waals surface area (Å²) in [4.78, 5) is 66.1. The van der Waals surface area contributed by atoms with E-state index in [0.717, 1.165) is 109 Å². The van der Waals surface area contributed by atoms with E-state index < -0.39 is 6.10 Å². The highest BCUT2D eigenvalue weighted by Crippen LogP contribution is 2.45. The van der Waals surface area contributed by atoms with Gasteiger partial charge in [-0.3, -0.25) is 9.59 Å². The first-order valence-corrected chi connectivity index (χ1v) is 43.5. The molecular formula is C80H83BrCl6N6O15S5. The molecule has 7 aliphatic rings. The summed E-state index contributed by atoms with van der Waals surface area (Å²) in [5.74, 6) is 0.287. The number of halogens is 7. The number of pyridine rings is 5. The molecule has 0 bridgehead atoms. The van der Waals surface area contributed by atoms with Crippen molar-refractivity contribution >= 4 is 160 Å². The van der Waals surface area contributed by atoms with Crippen molar-refractivity contribution in [1.29, 1.82) is 0 Å². The van der Waals surface area contributed by atoms with Crippen LogP contribution in [0.3, 0.4) is 0 Å². The Balaban J connectivity index is 0.000000135. The van der Waals surface area contributed by atoms with E-state index in [1.54, 1.807) is 82.1 Å². The standard InChI is InChI=1S/C18H20ClNO2S.C16H18ClNO4S.C16H16ClNO3S.C14H12ClNO2S.C8H9BrO2S.C8H6ClNO2.ClH2N/c1-11-14(8-16(23-11)12-4-2-3-5-12)18(22)15-9-17(19)20-10-13(15)6-7-21;1-9-11(6-13(23-9)16-21-4-5-22-16)15(20)12-7-14(17)18-8-10(12)2-3-19;1-9-11(6-13(22-9)16-20-4-5-21-16)15-12-7-14(17)18-8-10(12)2-3-19-15;1-8-11(4-10(7-17)19-8)14-12-5-13(15)16-6-9(12)2-3-18-14;1-5-6(9)4-7(12-5)8-10-2-3-11-8;9-7-3-6-5(4-10-7)1-2-12-8(6)11;1-2/h8-10,12,21H,2-7H2,1H3;6-8,15-16,19-20H,2-5H2,1H3;6-8,15-16H,2-5H2,1H3;4-7,14H,2-3H2,1H3;4,8H,2-3H2,1H3;3-4H,1-2H2;2H2. The van der Waals surface area contributed by atoms with Crippen molar-refractivity contribution in [3.8, 4) is 0 Å². The highest BCUT2D eigenvalue weighted by molar-refractivity contribution is 9.10. The number of cyclic esters (lactones) is 1. The van der Waals surface area contributed by atoms with Crippen LogP contribution in [0.5, 0.6) is 0 Å². The summed E-state index contributed by atoms with van der Waals surface area (Å²) in [6.07, 6.45) is 15.9. The van der Waals surface area contributed by atoms with Gasteiger partial charge >= 0.3 is 5.97 Å². The van der Waals surface area contributed by atoms with Gasteiger partial charge in [-0.05, 0) is 229 Å². The van der Waals surface area contributed by atoms with Crippen molar-refractivity contribution < 1.29 is 72.3 Å². The second-order valence-electron chi connectivity index (χ2n) is 26.5. The normalized spacial score (nSPS) is 17.5. The number of carbonyl (C=O) groups excluding carboxylic acids is 3. The topological polar surface area (TPSA) is 285 Å². The Morgan fingerprint density at radius 1 is 0.496 bits per heavy atom. The second kappa shape index (κ2) is 43.0. The molecule has 1 saturated carbocycles. The van der Waals surface area contributed by atoms with E-state index >= 15 is 0 Å². The highest BCUT2D eigenvalue weighted by atomic mass is 79.9. The maximum absolute atomic E-state index is 13.0. The van der Waals surface area contributed by atoms with Crippen molar-refractivity contribution in [3.63, 3.8) is 0 Å². The summed E-state index contributed by atoms with van der Waals surface area (Å²) in [5, 5.41) is 35.1. The van der Waals surface area contributed by atoms with Crippen LogP contribution >= 0.6 is 142 Å². The third-order valence-corrected chi connectivity index (χ3v) is 26.7. The number of aromatic nitrogens is 5. The van der Waals surface area contributed by atoms with Crippen LogP contribution in [0.25, 0.3) is 0 Å². The molecule has 0 spiro atoms. The summed E-state index contributed by atoms with van der Waals surface area (Å²) in [5.41, 5.74) is 12.5. The SMILES string of the molecule is Cc1sc(C2CCCC2)cc1C(=O)c1cc(Cl)ncc1CCO.Cc1sc(C2OCCO2)cc1Br.Cc1sc(C2OCCO2)cc1C(O)c1cc(Cl)ncc1CCO.Cc1sc(C2OCCO2)cc1C1OCCc2cnc(Cl)cc21.Cc1sc(C=O)cc1C1OCCc2cnc(Cl)cc21.NCl.O=C1OCCc2cnc(Cl)cc21. The number of aliphatic hydroxyl groups excluding tert-OH is 3. The number of rotatable bonds is 15. The Hall–Kier alpha value is -5.20. The molecule has 0 amide bonds. The van der Waals surface area contributed by atoms with Crippen LogP contribution in [0.4, 0.5) is 0 Å². The first kappa shape index (κ1) is 88.6. The lowest BCUT2D eigenvalue weighted by molar-refractivity contribution is -0.0416. The van der Waals surface area contributed by atoms with Gasteiger partial charge < -0.3 is 58.0 Å². The fraction of sp³-hybridized carbons (Fsp3) is 0.400. The first-order chi connectivity index (χ1) is 54.6. The Labute approximate surface area is 713 Å². The summed E-state index contributed by atoms with van der Waals surface area (Å²) < 4.78 is 50.9. The molecular weight excluding hydrogens is 1740 g/mol. The van der Waals surface area contributed by atoms with Crippen molar-refractivity contribution in [1.82, 2.24) is 24.9 Å². The molecule has 33 heteroatoms. The molecule has 3 atom stereocenters. The second-order valence-corrected chi connectivity index (χ2v) is 35.7. The molecule has 16 heterocycles. The minimum Gasteiger partial charge on any atom is -0.462 e. The minimum atomic E-state index is -0.830. The quantitative estimate of drug-likeness (QED) is 0.0244. The molecule has 113 heavy (non-hydrogen) atoms. The van der Waals surface area contributed by atoms with Crippen molar-refractivity contribution in [2.75, 3.05) is 72.7 Å². The number of aliphatic hydroxyl groups is 3. The van der Waals surface area contributed by atoms with Crippen molar-refractivity contribution in [2.45, 2.75) is 136 Å². The maximum atomic E-state index is 13.0. The van der Waals surface area contributed by atoms with E-state index in [1.165, 1.54) is 68.3 Å². The molecule has 602 valence electrons. The Morgan fingerprint density at radius 3 is 1.50 bits per heavy atom. The Morgan fingerprint density at radius 2 is 0.956 bits per heavy atom. The molecule has 3 saturated heterocycles. The molecule has 0 aromatic carbocycles. The number of hydrogen-bond donors (Lipinski definition) is 4. The van der Waals surface area contributed by atoms with Gasteiger partial charge in [-0.2, -0.15) is 0 Å². The molecule has 0 radical (unpaired) electrons. The number of aldehydes is 1. The van der Waals surface area contributed by atoms with Gasteiger partial charge in [0, 0.05) is 95.5 Å². The van der Waals surface area contributed by atoms with Gasteiger partial charge in [0.05, 0.1) is 84.5 Å². The number of nitrogens with zero attached hydrogens (tertiary/aromatic N) is 5. The molecule has 17 rings (SSSR count). The fourth-order valence-corrected chi connectivity index (χ4v) is 20.2. The lowest BCUT2D eigenvalue weighted by Gasteiger charge is -2.26. The van der Waals surface area contributed by atoms with Gasteiger partial charge in [0.2, 0.25) is 0 Å². The van der Waals surface area contributed by atoms with E-state index in [4.69, 9.17) is 101 Å². The zero-order valence-electron chi connectivity index (χ0n) is 62.2. The minimum absolute atomic E-state index is 0.0132. The molecule has 10 aromatic rings. The molecule has 3 unspecified atom stereocenters. The molecule has 5 N–H and O–H groups in total. The zero-order chi connectivity index (χ0) is 80.4. The predicted molar refractivity (Wildman–Crippen MR) is 446 cm³/mol. The average molecular weight is 1820 g/mol. The number of ketones is 1. The van der Waals surface area contributed by atoms with Gasteiger partial charge in [0.15, 0.2) is 30.9 Å². The van der Waals surface area contributed by atoms with Crippen LogP contribution in [0.2, 0.25) is 25.8 Å². The van der Waals surface area contributed by atoms with E-state index in [1.807, 2.05) is 57.4 Å². The lowest BCUT2D eigenvalue weighted by Crippen LogP contribution is -2.17. The maximum Gasteiger partial charge on any atom is 0.338 e. The summed E-state index contributed by atoms with van der Waals surface area (Å²) in [6.45, 7) is 15.8. The van der Waals surface area contributed by atoms with Crippen molar-refractivity contribution in [3.05, 3.63) is 249 Å². The summed E-state index contributed by atoms with van der Waals surface area (Å²) >= 11 is 45.4. The van der Waals surface area contributed by atoms with Gasteiger partial charge in [0.1, 0.15) is 44.1 Å². The molecule has 4 fully saturated rings. The molecule has 1 aliphatic carbocycles. The van der Waals surface area contributed by atoms with E-state index in [0.29, 0.717) is 121 Å². The van der Waals surface area contributed by atoms with Crippen LogP contribution in [0.1, 0.15) is 210 Å². The highest BCUT2D eigenvalue weighted by Gasteiger charge is 2.32. The summed E-state index contributed by atoms with van der Waals surface area (Å²) in [7, 11) is 0. The number of nitrogens with two attached hydrogens (primary N) is 1. The van der Waals surface area contributed by atoms with E-state index in [-0.39, 0.29) is 56.0 Å². The number of ether oxygens (including phenoxy) is 9. The van der Waals surface area contributed by atoms with Crippen LogP contribution in [-0.2, 0) is 74.7 Å². The van der Waals surface area contributed by atoms with Crippen molar-refractivity contribution in [2.24, 2.45) is 5.25 Å². The van der Waals surface area contributed by atoms with E-state index in [2.05, 4.69) is 89.9 Å². The summed E-state index contributed by atoms with van der Waals surface area (Å²) in [6, 6.07) is 18.7. The molecule has 21 nitrogen and oxygen atoms in total. The van der Waals surface area contributed by atoms with Crippen LogP contribution in [-0.4, -0.2) is 131 Å². The number of aryl methyl sites for hydroxylation is 5. The zero-order valence-corrected chi connectivity index (χ0v) is 72.4. The molecule has 6 aliphatic heterocycles. The third kappa shape index (κ3) is 23.0. The van der Waals surface area contributed by atoms with Gasteiger partial charge in [-0.25, -0.2) is 35.0 Å². The van der Waals surface area contributed by atoms with Gasteiger partial charge in [-0.1, -0.05) is 70.8 Å². The average Bonchev–Trinajstić information content (AvgIpc) is 1.53. The van der Waals surface area contributed by atoms with Crippen LogP contribution in [0, 0.1) is 34.6 Å². The Bertz CT molecular complexity index is 4870. The third-order valence-electron chi connectivity index (χ3n) is 19.2. The smallest absolute Gasteiger partial charge is 0.338 e. The number of esters is 1. The van der Waals surface area contributed by atoms with Crippen LogP contribution in [0.15, 0.2) is 96.1 Å². The number of hydrogen-bond acceptors (Lipinski definition) is 26. The van der Waals surface area contributed by atoms with E-state index in [9.17, 15) is 29.7 Å². The molecule has 10 aromatic heterocycles. The Kier molecular flexibility index (Phi) is 33.7. The first-order valence-electron chi connectivity index (χ1n) is 36.3. The fourth-order valence-electron chi connectivity index (χ4n) is 13.6. The number of fused-ring (bicyclic) bond motifs is 3. The van der Waals surface area contributed by atoms with Gasteiger partial charge in [0.25, 0.3) is 0 Å². The lowest BCUT2D eigenvalue weighted by atomic mass is 9.95. The number of thiophene rings is 5.